The molecule has 0 atom stereocenters. The number of benzene rings is 2. The molecule has 2 aromatic carbocycles. The molecule has 1 amide bonds. The number of halogens is 1. The van der Waals surface area contributed by atoms with E-state index in [1.807, 2.05) is 12.1 Å². The highest BCUT2D eigenvalue weighted by molar-refractivity contribution is 9.10. The SMILES string of the molecule is COc1cc(C=Nn2c(C3CCCCC3)nc3ccc(Br)cc3c2=O)cc(OC)c1OCC(N)=O. The third-order valence-corrected chi connectivity index (χ3v) is 6.46. The quantitative estimate of drug-likeness (QED) is 0.430. The van der Waals surface area contributed by atoms with Crippen LogP contribution in [0, 0.1) is 0 Å². The number of rotatable bonds is 8. The van der Waals surface area contributed by atoms with Crippen LogP contribution in [-0.4, -0.2) is 42.6 Å². The number of aromatic nitrogens is 2. The Kier molecular flexibility index (Phi) is 7.70. The molecule has 1 aliphatic carbocycles. The van der Waals surface area contributed by atoms with Gasteiger partial charge in [-0.25, -0.2) is 4.98 Å². The van der Waals surface area contributed by atoms with Crippen LogP contribution in [0.5, 0.6) is 17.2 Å². The molecule has 0 aliphatic heterocycles. The van der Waals surface area contributed by atoms with Gasteiger partial charge >= 0.3 is 0 Å². The van der Waals surface area contributed by atoms with Crippen LogP contribution in [0.4, 0.5) is 0 Å². The van der Waals surface area contributed by atoms with Gasteiger partial charge in [-0.2, -0.15) is 9.78 Å². The predicted molar refractivity (Wildman–Crippen MR) is 137 cm³/mol. The molecule has 0 unspecified atom stereocenters. The molecular formula is C25H27BrN4O5. The summed E-state index contributed by atoms with van der Waals surface area (Å²) < 4.78 is 18.5. The van der Waals surface area contributed by atoms with E-state index < -0.39 is 5.91 Å². The number of nitrogens with zero attached hydrogens (tertiary/aromatic N) is 3. The van der Waals surface area contributed by atoms with Crippen molar-refractivity contribution >= 4 is 39.0 Å². The van der Waals surface area contributed by atoms with E-state index in [1.165, 1.54) is 25.3 Å². The van der Waals surface area contributed by atoms with Crippen LogP contribution >= 0.6 is 15.9 Å². The first-order valence-corrected chi connectivity index (χ1v) is 12.1. The molecule has 1 aromatic heterocycles. The fourth-order valence-corrected chi connectivity index (χ4v) is 4.65. The Balaban J connectivity index is 1.80. The molecule has 0 bridgehead atoms. The highest BCUT2D eigenvalue weighted by Gasteiger charge is 2.23. The largest absolute Gasteiger partial charge is 0.493 e. The lowest BCUT2D eigenvalue weighted by molar-refractivity contribution is -0.120. The molecule has 1 heterocycles. The average molecular weight is 543 g/mol. The monoisotopic (exact) mass is 542 g/mol. The van der Waals surface area contributed by atoms with E-state index in [0.717, 1.165) is 30.2 Å². The van der Waals surface area contributed by atoms with Gasteiger partial charge in [0.25, 0.3) is 11.5 Å². The van der Waals surface area contributed by atoms with Crippen molar-refractivity contribution in [2.24, 2.45) is 10.8 Å². The minimum atomic E-state index is -0.621. The third-order valence-electron chi connectivity index (χ3n) is 5.97. The molecule has 3 aromatic rings. The van der Waals surface area contributed by atoms with Crippen molar-refractivity contribution in [3.8, 4) is 17.2 Å². The molecule has 1 fully saturated rings. The summed E-state index contributed by atoms with van der Waals surface area (Å²) in [5.74, 6) is 1.14. The fourth-order valence-electron chi connectivity index (χ4n) is 4.29. The lowest BCUT2D eigenvalue weighted by Crippen LogP contribution is -2.25. The summed E-state index contributed by atoms with van der Waals surface area (Å²) in [6.07, 6.45) is 6.89. The summed E-state index contributed by atoms with van der Waals surface area (Å²) in [6, 6.07) is 8.85. The second-order valence-corrected chi connectivity index (χ2v) is 9.25. The van der Waals surface area contributed by atoms with Crippen LogP contribution in [0.25, 0.3) is 10.9 Å². The van der Waals surface area contributed by atoms with Gasteiger partial charge in [0.15, 0.2) is 18.1 Å². The smallest absolute Gasteiger partial charge is 0.282 e. The second-order valence-electron chi connectivity index (χ2n) is 8.34. The summed E-state index contributed by atoms with van der Waals surface area (Å²) in [4.78, 5) is 29.5. The zero-order valence-corrected chi connectivity index (χ0v) is 21.2. The minimum absolute atomic E-state index is 0.162. The van der Waals surface area contributed by atoms with E-state index in [2.05, 4.69) is 21.0 Å². The molecule has 0 saturated heterocycles. The molecule has 35 heavy (non-hydrogen) atoms. The average Bonchev–Trinajstić information content (AvgIpc) is 2.87. The number of carbonyl (C=O) groups excluding carboxylic acids is 1. The van der Waals surface area contributed by atoms with E-state index in [0.29, 0.717) is 33.8 Å². The normalized spacial score (nSPS) is 14.4. The van der Waals surface area contributed by atoms with Gasteiger partial charge < -0.3 is 19.9 Å². The fraction of sp³-hybridized carbons (Fsp3) is 0.360. The maximum atomic E-state index is 13.5. The molecule has 9 nitrogen and oxygen atoms in total. The van der Waals surface area contributed by atoms with E-state index >= 15 is 0 Å². The molecule has 0 radical (unpaired) electrons. The Labute approximate surface area is 211 Å². The number of carbonyl (C=O) groups is 1. The van der Waals surface area contributed by atoms with E-state index in [-0.39, 0.29) is 23.8 Å². The Morgan fingerprint density at radius 2 is 1.86 bits per heavy atom. The van der Waals surface area contributed by atoms with Crippen LogP contribution in [-0.2, 0) is 4.79 Å². The molecule has 1 saturated carbocycles. The van der Waals surface area contributed by atoms with Gasteiger partial charge in [0.2, 0.25) is 5.75 Å². The van der Waals surface area contributed by atoms with Crippen LogP contribution in [0.1, 0.15) is 49.4 Å². The van der Waals surface area contributed by atoms with Gasteiger partial charge in [-0.1, -0.05) is 35.2 Å². The molecule has 10 heteroatoms. The lowest BCUT2D eigenvalue weighted by atomic mass is 9.88. The van der Waals surface area contributed by atoms with Crippen LogP contribution in [0.15, 0.2) is 44.7 Å². The summed E-state index contributed by atoms with van der Waals surface area (Å²) >= 11 is 3.44. The van der Waals surface area contributed by atoms with Crippen molar-refractivity contribution < 1.29 is 19.0 Å². The first kappa shape index (κ1) is 24.7. The summed E-state index contributed by atoms with van der Waals surface area (Å²) in [5.41, 5.74) is 6.24. The number of nitrogens with two attached hydrogens (primary N) is 1. The first-order chi connectivity index (χ1) is 16.9. The number of primary amides is 1. The Bertz CT molecular complexity index is 1310. The topological polar surface area (TPSA) is 118 Å². The van der Waals surface area contributed by atoms with Crippen LogP contribution in [0.2, 0.25) is 0 Å². The maximum Gasteiger partial charge on any atom is 0.282 e. The molecular weight excluding hydrogens is 516 g/mol. The molecule has 184 valence electrons. The number of hydrogen-bond donors (Lipinski definition) is 1. The molecule has 2 N–H and O–H groups in total. The van der Waals surface area contributed by atoms with Crippen LogP contribution < -0.4 is 25.5 Å². The zero-order chi connectivity index (χ0) is 24.9. The van der Waals surface area contributed by atoms with Gasteiger partial charge in [-0.05, 0) is 43.2 Å². The molecule has 0 spiro atoms. The standard InChI is InChI=1S/C25H27BrN4O5/c1-33-20-10-15(11-21(34-2)23(20)35-14-22(27)31)13-28-30-24(16-6-4-3-5-7-16)29-19-9-8-17(26)12-18(19)25(30)32/h8-13,16H,3-7,14H2,1-2H3,(H2,27,31). The minimum Gasteiger partial charge on any atom is -0.493 e. The maximum absolute atomic E-state index is 13.5. The van der Waals surface area contributed by atoms with E-state index in [9.17, 15) is 9.59 Å². The summed E-state index contributed by atoms with van der Waals surface area (Å²) in [7, 11) is 2.95. The van der Waals surface area contributed by atoms with Crippen molar-refractivity contribution in [3.63, 3.8) is 0 Å². The van der Waals surface area contributed by atoms with Crippen LogP contribution in [0.3, 0.4) is 0 Å². The molecule has 4 rings (SSSR count). The van der Waals surface area contributed by atoms with Gasteiger partial charge in [0.1, 0.15) is 5.82 Å². The van der Waals surface area contributed by atoms with E-state index in [4.69, 9.17) is 24.9 Å². The zero-order valence-electron chi connectivity index (χ0n) is 19.6. The second kappa shape index (κ2) is 10.9. The highest BCUT2D eigenvalue weighted by Crippen LogP contribution is 2.38. The molecule has 1 aliphatic rings. The first-order valence-electron chi connectivity index (χ1n) is 11.3. The lowest BCUT2D eigenvalue weighted by Gasteiger charge is -2.22. The Morgan fingerprint density at radius 3 is 2.49 bits per heavy atom. The number of hydrogen-bond acceptors (Lipinski definition) is 7. The van der Waals surface area contributed by atoms with Gasteiger partial charge in [0, 0.05) is 16.0 Å². The van der Waals surface area contributed by atoms with Crippen molar-refractivity contribution in [3.05, 3.63) is 56.5 Å². The van der Waals surface area contributed by atoms with E-state index in [1.54, 1.807) is 24.4 Å². The number of methoxy groups -OCH3 is 2. The van der Waals surface area contributed by atoms with Crippen molar-refractivity contribution in [1.82, 2.24) is 9.66 Å². The summed E-state index contributed by atoms with van der Waals surface area (Å²) in [5, 5.41) is 5.05. The Hall–Kier alpha value is -3.40. The number of ether oxygens (including phenoxy) is 3. The number of amides is 1. The third kappa shape index (κ3) is 5.48. The van der Waals surface area contributed by atoms with Gasteiger partial charge in [0.05, 0.1) is 31.3 Å². The van der Waals surface area contributed by atoms with Crippen molar-refractivity contribution in [2.45, 2.75) is 38.0 Å². The van der Waals surface area contributed by atoms with Gasteiger partial charge in [-0.3, -0.25) is 9.59 Å². The van der Waals surface area contributed by atoms with Crippen molar-refractivity contribution in [1.29, 1.82) is 0 Å². The Morgan fingerprint density at radius 1 is 1.17 bits per heavy atom. The number of fused-ring (bicyclic) bond motifs is 1. The van der Waals surface area contributed by atoms with Crippen molar-refractivity contribution in [2.75, 3.05) is 20.8 Å². The highest BCUT2D eigenvalue weighted by atomic mass is 79.9. The van der Waals surface area contributed by atoms with Gasteiger partial charge in [-0.15, -0.1) is 0 Å². The predicted octanol–water partition coefficient (Wildman–Crippen LogP) is 3.97. The summed E-state index contributed by atoms with van der Waals surface area (Å²) in [6.45, 7) is -0.321.